The molecule has 2 unspecified atom stereocenters. The average molecular weight is 180 g/mol. The first-order valence-corrected chi connectivity index (χ1v) is 4.90. The van der Waals surface area contributed by atoms with Crippen LogP contribution in [0.5, 0.6) is 0 Å². The molecule has 1 saturated heterocycles. The molecule has 0 spiro atoms. The van der Waals surface area contributed by atoms with Crippen LogP contribution >= 0.6 is 0 Å². The summed E-state index contributed by atoms with van der Waals surface area (Å²) in [6.45, 7) is 4.69. The molecular formula is C10H16N2O. The minimum absolute atomic E-state index is 0.0638. The Bertz CT molecular complexity index is 232. The van der Waals surface area contributed by atoms with E-state index in [-0.39, 0.29) is 17.9 Å². The summed E-state index contributed by atoms with van der Waals surface area (Å²) in [7, 11) is 0. The zero-order chi connectivity index (χ0) is 9.84. The Morgan fingerprint density at radius 2 is 2.46 bits per heavy atom. The normalized spacial score (nSPS) is 24.1. The SMILES string of the molecule is CCC(C)C(=O)N1CCCC1C#N. The number of carbonyl (C=O) groups is 1. The molecule has 1 aliphatic heterocycles. The van der Waals surface area contributed by atoms with Crippen LogP contribution in [0, 0.1) is 17.2 Å². The number of nitriles is 1. The minimum atomic E-state index is -0.165. The predicted octanol–water partition coefficient (Wildman–Crippen LogP) is 1.55. The van der Waals surface area contributed by atoms with Crippen LogP contribution in [0.15, 0.2) is 0 Å². The van der Waals surface area contributed by atoms with Crippen LogP contribution in [0.4, 0.5) is 0 Å². The highest BCUT2D eigenvalue weighted by molar-refractivity contribution is 5.79. The summed E-state index contributed by atoms with van der Waals surface area (Å²) in [5, 5.41) is 8.80. The molecule has 3 nitrogen and oxygen atoms in total. The summed E-state index contributed by atoms with van der Waals surface area (Å²) in [4.78, 5) is 13.5. The molecule has 2 atom stereocenters. The highest BCUT2D eigenvalue weighted by Gasteiger charge is 2.30. The lowest BCUT2D eigenvalue weighted by atomic mass is 10.1. The van der Waals surface area contributed by atoms with E-state index in [9.17, 15) is 4.79 Å². The number of carbonyl (C=O) groups excluding carboxylic acids is 1. The minimum Gasteiger partial charge on any atom is -0.326 e. The lowest BCUT2D eigenvalue weighted by Gasteiger charge is -2.22. The van der Waals surface area contributed by atoms with Crippen molar-refractivity contribution in [2.75, 3.05) is 6.54 Å². The van der Waals surface area contributed by atoms with Gasteiger partial charge in [0.25, 0.3) is 0 Å². The molecule has 0 bridgehead atoms. The van der Waals surface area contributed by atoms with Gasteiger partial charge in [0.15, 0.2) is 0 Å². The molecule has 3 heteroatoms. The van der Waals surface area contributed by atoms with Gasteiger partial charge in [-0.05, 0) is 19.3 Å². The van der Waals surface area contributed by atoms with Gasteiger partial charge in [-0.1, -0.05) is 13.8 Å². The smallest absolute Gasteiger partial charge is 0.226 e. The summed E-state index contributed by atoms with van der Waals surface area (Å²) < 4.78 is 0. The van der Waals surface area contributed by atoms with E-state index in [0.717, 1.165) is 25.8 Å². The number of rotatable bonds is 2. The van der Waals surface area contributed by atoms with Crippen molar-refractivity contribution < 1.29 is 4.79 Å². The molecular weight excluding hydrogens is 164 g/mol. The van der Waals surface area contributed by atoms with Crippen molar-refractivity contribution in [3.63, 3.8) is 0 Å². The number of hydrogen-bond donors (Lipinski definition) is 0. The Balaban J connectivity index is 2.61. The van der Waals surface area contributed by atoms with Gasteiger partial charge >= 0.3 is 0 Å². The quantitative estimate of drug-likeness (QED) is 0.647. The maximum atomic E-state index is 11.7. The third kappa shape index (κ3) is 2.00. The summed E-state index contributed by atoms with van der Waals surface area (Å²) in [5.41, 5.74) is 0. The second kappa shape index (κ2) is 4.27. The predicted molar refractivity (Wildman–Crippen MR) is 49.8 cm³/mol. The average Bonchev–Trinajstić information content (AvgIpc) is 2.62. The molecule has 0 saturated carbocycles. The highest BCUT2D eigenvalue weighted by atomic mass is 16.2. The van der Waals surface area contributed by atoms with E-state index in [2.05, 4.69) is 6.07 Å². The van der Waals surface area contributed by atoms with Gasteiger partial charge in [0.2, 0.25) is 5.91 Å². The molecule has 1 rings (SSSR count). The molecule has 0 N–H and O–H groups in total. The molecule has 0 aliphatic carbocycles. The van der Waals surface area contributed by atoms with Gasteiger partial charge in [-0.15, -0.1) is 0 Å². The molecule has 1 aliphatic rings. The number of nitrogens with zero attached hydrogens (tertiary/aromatic N) is 2. The fourth-order valence-corrected chi connectivity index (χ4v) is 1.62. The van der Waals surface area contributed by atoms with Gasteiger partial charge in [-0.3, -0.25) is 4.79 Å². The van der Waals surface area contributed by atoms with E-state index in [4.69, 9.17) is 5.26 Å². The Hall–Kier alpha value is -1.04. The first-order chi connectivity index (χ1) is 6.20. The Kier molecular flexibility index (Phi) is 3.30. The van der Waals surface area contributed by atoms with E-state index in [1.165, 1.54) is 0 Å². The van der Waals surface area contributed by atoms with Gasteiger partial charge in [-0.2, -0.15) is 5.26 Å². The van der Waals surface area contributed by atoms with Crippen LogP contribution in [0.2, 0.25) is 0 Å². The lowest BCUT2D eigenvalue weighted by Crippen LogP contribution is -2.37. The molecule has 0 aromatic carbocycles. The fourth-order valence-electron chi connectivity index (χ4n) is 1.62. The van der Waals surface area contributed by atoms with Crippen molar-refractivity contribution >= 4 is 5.91 Å². The van der Waals surface area contributed by atoms with Crippen LogP contribution < -0.4 is 0 Å². The van der Waals surface area contributed by atoms with Gasteiger partial charge in [0, 0.05) is 12.5 Å². The van der Waals surface area contributed by atoms with Crippen LogP contribution in [0.25, 0.3) is 0 Å². The molecule has 1 amide bonds. The number of amides is 1. The van der Waals surface area contributed by atoms with Gasteiger partial charge in [0.1, 0.15) is 6.04 Å². The zero-order valence-corrected chi connectivity index (χ0v) is 8.29. The van der Waals surface area contributed by atoms with Crippen LogP contribution in [-0.2, 0) is 4.79 Å². The van der Waals surface area contributed by atoms with Crippen molar-refractivity contribution in [3.8, 4) is 6.07 Å². The molecule has 72 valence electrons. The first kappa shape index (κ1) is 10.0. The molecule has 0 radical (unpaired) electrons. The number of likely N-dealkylation sites (tertiary alicyclic amines) is 1. The first-order valence-electron chi connectivity index (χ1n) is 4.90. The third-order valence-electron chi connectivity index (χ3n) is 2.72. The summed E-state index contributed by atoms with van der Waals surface area (Å²) in [6.07, 6.45) is 2.67. The van der Waals surface area contributed by atoms with Crippen molar-refractivity contribution in [2.45, 2.75) is 39.2 Å². The van der Waals surface area contributed by atoms with Crippen molar-refractivity contribution in [3.05, 3.63) is 0 Å². The van der Waals surface area contributed by atoms with E-state index in [1.54, 1.807) is 4.90 Å². The van der Waals surface area contributed by atoms with Gasteiger partial charge in [-0.25, -0.2) is 0 Å². The highest BCUT2D eigenvalue weighted by Crippen LogP contribution is 2.19. The van der Waals surface area contributed by atoms with Crippen molar-refractivity contribution in [1.29, 1.82) is 5.26 Å². The summed E-state index contributed by atoms with van der Waals surface area (Å²) >= 11 is 0. The Labute approximate surface area is 79.3 Å². The van der Waals surface area contributed by atoms with E-state index >= 15 is 0 Å². The van der Waals surface area contributed by atoms with E-state index in [1.807, 2.05) is 13.8 Å². The standard InChI is InChI=1S/C10H16N2O/c1-3-8(2)10(13)12-6-4-5-9(12)7-11/h8-9H,3-6H2,1-2H3. The summed E-state index contributed by atoms with van der Waals surface area (Å²) in [5.74, 6) is 0.209. The Morgan fingerprint density at radius 1 is 1.77 bits per heavy atom. The maximum Gasteiger partial charge on any atom is 0.226 e. The molecule has 1 fully saturated rings. The van der Waals surface area contributed by atoms with Crippen LogP contribution in [-0.4, -0.2) is 23.4 Å². The number of hydrogen-bond acceptors (Lipinski definition) is 2. The fraction of sp³-hybridized carbons (Fsp3) is 0.800. The molecule has 13 heavy (non-hydrogen) atoms. The van der Waals surface area contributed by atoms with Gasteiger partial charge < -0.3 is 4.90 Å². The topological polar surface area (TPSA) is 44.1 Å². The second-order valence-corrected chi connectivity index (χ2v) is 3.63. The largest absolute Gasteiger partial charge is 0.326 e. The van der Waals surface area contributed by atoms with E-state index < -0.39 is 0 Å². The van der Waals surface area contributed by atoms with Gasteiger partial charge in [0.05, 0.1) is 6.07 Å². The third-order valence-corrected chi connectivity index (χ3v) is 2.72. The molecule has 1 heterocycles. The van der Waals surface area contributed by atoms with Crippen LogP contribution in [0.3, 0.4) is 0 Å². The Morgan fingerprint density at radius 3 is 3.00 bits per heavy atom. The molecule has 0 aromatic rings. The monoisotopic (exact) mass is 180 g/mol. The van der Waals surface area contributed by atoms with E-state index in [0.29, 0.717) is 0 Å². The zero-order valence-electron chi connectivity index (χ0n) is 8.29. The van der Waals surface area contributed by atoms with Crippen molar-refractivity contribution in [1.82, 2.24) is 4.90 Å². The maximum absolute atomic E-state index is 11.7. The lowest BCUT2D eigenvalue weighted by molar-refractivity contribution is -0.135. The van der Waals surface area contributed by atoms with Crippen LogP contribution in [0.1, 0.15) is 33.1 Å². The van der Waals surface area contributed by atoms with Crippen molar-refractivity contribution in [2.24, 2.45) is 5.92 Å². The molecule has 0 aromatic heterocycles. The second-order valence-electron chi connectivity index (χ2n) is 3.63. The summed E-state index contributed by atoms with van der Waals surface area (Å²) in [6, 6.07) is 2.01.